The first kappa shape index (κ1) is 22.3. The first-order valence-electron chi connectivity index (χ1n) is 11.4. The number of nitrogens with zero attached hydrogens (tertiary/aromatic N) is 3. The van der Waals surface area contributed by atoms with E-state index in [1.807, 2.05) is 42.4 Å². The van der Waals surface area contributed by atoms with Crippen LogP contribution in [0, 0.1) is 0 Å². The lowest BCUT2D eigenvalue weighted by molar-refractivity contribution is -0.124. The van der Waals surface area contributed by atoms with E-state index in [2.05, 4.69) is 78.6 Å². The van der Waals surface area contributed by atoms with Crippen LogP contribution in [-0.4, -0.2) is 50.0 Å². The average Bonchev–Trinajstić information content (AvgIpc) is 3.07. The predicted molar refractivity (Wildman–Crippen MR) is 132 cm³/mol. The van der Waals surface area contributed by atoms with Gasteiger partial charge in [-0.15, -0.1) is 0 Å². The number of hydrazine groups is 1. The van der Waals surface area contributed by atoms with Gasteiger partial charge in [-0.2, -0.15) is 0 Å². The zero-order valence-corrected chi connectivity index (χ0v) is 19.4. The molecule has 0 fully saturated rings. The second kappa shape index (κ2) is 9.68. The van der Waals surface area contributed by atoms with Crippen molar-refractivity contribution < 1.29 is 4.79 Å². The van der Waals surface area contributed by atoms with Gasteiger partial charge >= 0.3 is 0 Å². The molecule has 3 aromatic carbocycles. The lowest BCUT2D eigenvalue weighted by Gasteiger charge is -2.33. The summed E-state index contributed by atoms with van der Waals surface area (Å²) >= 11 is 0. The van der Waals surface area contributed by atoms with Gasteiger partial charge < -0.3 is 4.90 Å². The lowest BCUT2D eigenvalue weighted by atomic mass is 9.72. The van der Waals surface area contributed by atoms with Crippen molar-refractivity contribution in [1.82, 2.24) is 9.91 Å². The van der Waals surface area contributed by atoms with E-state index in [0.717, 1.165) is 49.2 Å². The van der Waals surface area contributed by atoms with Crippen LogP contribution in [0.1, 0.15) is 29.5 Å². The minimum absolute atomic E-state index is 0.152. The van der Waals surface area contributed by atoms with Crippen molar-refractivity contribution in [3.63, 3.8) is 0 Å². The molecule has 166 valence electrons. The second-order valence-electron chi connectivity index (χ2n) is 8.93. The molecule has 4 heteroatoms. The summed E-state index contributed by atoms with van der Waals surface area (Å²) in [5, 5.41) is 4.01. The molecule has 32 heavy (non-hydrogen) atoms. The Morgan fingerprint density at radius 2 is 1.41 bits per heavy atom. The first-order valence-corrected chi connectivity index (χ1v) is 11.4. The van der Waals surface area contributed by atoms with E-state index in [0.29, 0.717) is 0 Å². The number of likely N-dealkylation sites (N-methyl/N-ethyl adjacent to an activating group) is 1. The molecule has 4 nitrogen and oxygen atoms in total. The molecule has 1 heterocycles. The number of carbonyl (C=O) groups is 1. The number of benzene rings is 3. The first-order chi connectivity index (χ1) is 15.5. The van der Waals surface area contributed by atoms with Crippen LogP contribution >= 0.6 is 0 Å². The van der Waals surface area contributed by atoms with E-state index >= 15 is 0 Å². The molecule has 4 rings (SSSR count). The number of fused-ring (bicyclic) bond motifs is 1. The molecule has 1 atom stereocenters. The van der Waals surface area contributed by atoms with E-state index < -0.39 is 5.41 Å². The molecular formula is C28H33N3O. The van der Waals surface area contributed by atoms with Crippen molar-refractivity contribution in [1.29, 1.82) is 0 Å². The van der Waals surface area contributed by atoms with Crippen molar-refractivity contribution >= 4 is 11.6 Å². The second-order valence-corrected chi connectivity index (χ2v) is 8.93. The van der Waals surface area contributed by atoms with Crippen LogP contribution in [0.3, 0.4) is 0 Å². The van der Waals surface area contributed by atoms with Crippen LogP contribution in [0.2, 0.25) is 0 Å². The highest BCUT2D eigenvalue weighted by Crippen LogP contribution is 2.49. The Morgan fingerprint density at radius 1 is 0.781 bits per heavy atom. The van der Waals surface area contributed by atoms with Gasteiger partial charge in [0.1, 0.15) is 5.41 Å². The molecule has 0 N–H and O–H groups in total. The summed E-state index contributed by atoms with van der Waals surface area (Å²) in [7, 11) is 6.20. The maximum absolute atomic E-state index is 14.3. The molecule has 1 aliphatic rings. The smallest absolute Gasteiger partial charge is 0.256 e. The van der Waals surface area contributed by atoms with Crippen LogP contribution in [0.5, 0.6) is 0 Å². The number of hydrogen-bond acceptors (Lipinski definition) is 3. The largest absolute Gasteiger partial charge is 0.309 e. The molecule has 0 radical (unpaired) electrons. The molecule has 0 saturated carbocycles. The number of rotatable bonds is 9. The van der Waals surface area contributed by atoms with Gasteiger partial charge in [0, 0.05) is 13.6 Å². The Morgan fingerprint density at radius 3 is 2.09 bits per heavy atom. The molecule has 0 aliphatic carbocycles. The van der Waals surface area contributed by atoms with Crippen LogP contribution in [0.15, 0.2) is 84.9 Å². The van der Waals surface area contributed by atoms with Gasteiger partial charge in [0.05, 0.1) is 5.69 Å². The van der Waals surface area contributed by atoms with E-state index in [1.165, 1.54) is 5.56 Å². The number of para-hydroxylation sites is 1. The number of hydrogen-bond donors (Lipinski definition) is 0. The van der Waals surface area contributed by atoms with E-state index in [9.17, 15) is 4.79 Å². The molecule has 1 unspecified atom stereocenters. The summed E-state index contributed by atoms with van der Waals surface area (Å²) in [6.07, 6.45) is 2.62. The van der Waals surface area contributed by atoms with Gasteiger partial charge in [-0.25, -0.2) is 10.0 Å². The maximum Gasteiger partial charge on any atom is 0.256 e. The molecular weight excluding hydrogens is 394 g/mol. The number of anilines is 1. The lowest BCUT2D eigenvalue weighted by Crippen LogP contribution is -2.49. The number of carbonyl (C=O) groups excluding carboxylic acids is 1. The zero-order chi connectivity index (χ0) is 22.6. The Balaban J connectivity index is 1.70. The maximum atomic E-state index is 14.3. The summed E-state index contributed by atoms with van der Waals surface area (Å²) in [6.45, 7) is 1.72. The van der Waals surface area contributed by atoms with E-state index in [-0.39, 0.29) is 5.91 Å². The van der Waals surface area contributed by atoms with Crippen molar-refractivity contribution in [2.75, 3.05) is 39.2 Å². The fourth-order valence-corrected chi connectivity index (χ4v) is 4.85. The van der Waals surface area contributed by atoms with Crippen LogP contribution in [0.4, 0.5) is 5.69 Å². The topological polar surface area (TPSA) is 26.8 Å². The van der Waals surface area contributed by atoms with Crippen LogP contribution < -0.4 is 5.01 Å². The summed E-state index contributed by atoms with van der Waals surface area (Å²) in [6, 6.07) is 29.1. The van der Waals surface area contributed by atoms with Crippen molar-refractivity contribution in [2.24, 2.45) is 0 Å². The highest BCUT2D eigenvalue weighted by molar-refractivity contribution is 6.09. The monoisotopic (exact) mass is 427 g/mol. The van der Waals surface area contributed by atoms with E-state index in [1.54, 1.807) is 0 Å². The average molecular weight is 428 g/mol. The van der Waals surface area contributed by atoms with Crippen LogP contribution in [0.25, 0.3) is 0 Å². The molecule has 1 amide bonds. The molecule has 0 aromatic heterocycles. The minimum atomic E-state index is -0.658. The summed E-state index contributed by atoms with van der Waals surface area (Å²) in [4.78, 5) is 16.5. The molecule has 3 aromatic rings. The Kier molecular flexibility index (Phi) is 6.73. The Hall–Kier alpha value is -2.95. The standard InChI is InChI=1S/C28H33N3O/c1-29(2)21-12-20-28(24-15-8-5-9-16-24)25-17-10-11-18-26(25)31(27(28)32)30(3)22-19-23-13-6-4-7-14-23/h4-11,13-18H,12,19-22H2,1-3H3. The number of amides is 1. The highest BCUT2D eigenvalue weighted by atomic mass is 16.2. The highest BCUT2D eigenvalue weighted by Gasteiger charge is 2.52. The molecule has 0 spiro atoms. The minimum Gasteiger partial charge on any atom is -0.309 e. The Bertz CT molecular complexity index is 1030. The van der Waals surface area contributed by atoms with Gasteiger partial charge in [0.15, 0.2) is 0 Å². The van der Waals surface area contributed by atoms with Crippen molar-refractivity contribution in [3.05, 3.63) is 102 Å². The van der Waals surface area contributed by atoms with Crippen molar-refractivity contribution in [3.8, 4) is 0 Å². The zero-order valence-electron chi connectivity index (χ0n) is 19.4. The molecule has 0 saturated heterocycles. The molecule has 0 bridgehead atoms. The third-order valence-electron chi connectivity index (χ3n) is 6.48. The van der Waals surface area contributed by atoms with Gasteiger partial charge in [-0.3, -0.25) is 4.79 Å². The molecule has 1 aliphatic heterocycles. The third kappa shape index (κ3) is 4.21. The quantitative estimate of drug-likeness (QED) is 0.493. The fraction of sp³-hybridized carbons (Fsp3) is 0.321. The van der Waals surface area contributed by atoms with Gasteiger partial charge in [-0.05, 0) is 62.7 Å². The van der Waals surface area contributed by atoms with E-state index in [4.69, 9.17) is 0 Å². The summed E-state index contributed by atoms with van der Waals surface area (Å²) in [5.41, 5.74) is 3.81. The van der Waals surface area contributed by atoms with Crippen LogP contribution in [-0.2, 0) is 16.6 Å². The van der Waals surface area contributed by atoms with Crippen molar-refractivity contribution in [2.45, 2.75) is 24.7 Å². The predicted octanol–water partition coefficient (Wildman–Crippen LogP) is 4.75. The fourth-order valence-electron chi connectivity index (χ4n) is 4.85. The van der Waals surface area contributed by atoms with Gasteiger partial charge in [0.25, 0.3) is 5.91 Å². The van der Waals surface area contributed by atoms with Gasteiger partial charge in [-0.1, -0.05) is 78.9 Å². The SMILES string of the molecule is CN(C)CCCC1(c2ccccc2)C(=O)N(N(C)CCc2ccccc2)c2ccccc21. The third-order valence-corrected chi connectivity index (χ3v) is 6.48. The Labute approximate surface area is 192 Å². The van der Waals surface area contributed by atoms with Gasteiger partial charge in [0.2, 0.25) is 0 Å². The summed E-state index contributed by atoms with van der Waals surface area (Å²) < 4.78 is 0. The summed E-state index contributed by atoms with van der Waals surface area (Å²) in [5.74, 6) is 0.152. The normalized spacial score (nSPS) is 17.9.